The van der Waals surface area contributed by atoms with E-state index in [9.17, 15) is 19.5 Å². The van der Waals surface area contributed by atoms with Crippen LogP contribution >= 0.6 is 0 Å². The zero-order valence-electron chi connectivity index (χ0n) is 19.7. The molecule has 6 heteroatoms. The van der Waals surface area contributed by atoms with Gasteiger partial charge < -0.3 is 15.2 Å². The highest BCUT2D eigenvalue weighted by Crippen LogP contribution is 2.33. The number of nitrogens with one attached hydrogen (secondary N) is 1. The van der Waals surface area contributed by atoms with Crippen LogP contribution in [-0.2, 0) is 19.1 Å². The van der Waals surface area contributed by atoms with Gasteiger partial charge in [0.05, 0.1) is 7.11 Å². The van der Waals surface area contributed by atoms with Gasteiger partial charge in [0, 0.05) is 30.7 Å². The summed E-state index contributed by atoms with van der Waals surface area (Å²) in [5, 5.41) is 13.1. The maximum absolute atomic E-state index is 12.7. The molecule has 0 heterocycles. The zero-order chi connectivity index (χ0) is 23.3. The van der Waals surface area contributed by atoms with E-state index in [0.29, 0.717) is 25.7 Å². The molecule has 1 rings (SSSR count). The largest absolute Gasteiger partial charge is 0.467 e. The zero-order valence-corrected chi connectivity index (χ0v) is 19.7. The smallest absolute Gasteiger partial charge is 0.337 e. The van der Waals surface area contributed by atoms with Gasteiger partial charge in [-0.2, -0.15) is 0 Å². The number of unbranched alkanes of at least 4 members (excludes halogenated alkanes) is 4. The van der Waals surface area contributed by atoms with Gasteiger partial charge in [0.15, 0.2) is 5.60 Å². The van der Waals surface area contributed by atoms with Gasteiger partial charge in [-0.3, -0.25) is 9.59 Å². The van der Waals surface area contributed by atoms with Crippen LogP contribution in [0, 0.1) is 11.8 Å². The molecule has 1 amide bonds. The van der Waals surface area contributed by atoms with Gasteiger partial charge in [-0.1, -0.05) is 57.4 Å². The van der Waals surface area contributed by atoms with Crippen LogP contribution < -0.4 is 5.32 Å². The number of methoxy groups -OCH3 is 1. The number of hydrogen-bond acceptors (Lipinski definition) is 5. The second kappa shape index (κ2) is 14.2. The molecule has 0 aromatic carbocycles. The van der Waals surface area contributed by atoms with Gasteiger partial charge in [-0.15, -0.1) is 0 Å². The molecule has 176 valence electrons. The number of Topliss-reactive ketones (excluding diaryl/α,β-unsaturated/α-hetero) is 1. The van der Waals surface area contributed by atoms with Gasteiger partial charge >= 0.3 is 5.97 Å². The van der Waals surface area contributed by atoms with E-state index in [1.807, 2.05) is 19.1 Å². The summed E-state index contributed by atoms with van der Waals surface area (Å²) in [6.45, 7) is 5.44. The summed E-state index contributed by atoms with van der Waals surface area (Å²) in [6, 6.07) is -0.148. The van der Waals surface area contributed by atoms with Gasteiger partial charge in [0.1, 0.15) is 5.78 Å². The number of esters is 1. The van der Waals surface area contributed by atoms with Crippen LogP contribution in [-0.4, -0.2) is 41.5 Å². The van der Waals surface area contributed by atoms with Crippen LogP contribution in [0.2, 0.25) is 0 Å². The number of carbonyl (C=O) groups excluding carboxylic acids is 3. The topological polar surface area (TPSA) is 92.7 Å². The van der Waals surface area contributed by atoms with Crippen molar-refractivity contribution in [3.05, 3.63) is 24.3 Å². The maximum atomic E-state index is 12.7. The molecule has 0 bridgehead atoms. The van der Waals surface area contributed by atoms with E-state index < -0.39 is 11.6 Å². The quantitative estimate of drug-likeness (QED) is 0.242. The molecule has 4 atom stereocenters. The molecule has 2 N–H and O–H groups in total. The van der Waals surface area contributed by atoms with Crippen molar-refractivity contribution in [3.63, 3.8) is 0 Å². The Kier molecular flexibility index (Phi) is 12.4. The standard InChI is InChI=1S/C25H41NO5/c1-5-7-8-9-10-12-15-19-20(22(27)18-21(19)26-23(28)6-2)16-13-11-14-17-25(3,30)24(29)31-4/h11-13,15,19-21,30H,5-10,14,16-18H2,1-4H3,(H,26,28)/b13-11-,15-12+/t19-,20-,21-,25?/m1/s1. The lowest BCUT2D eigenvalue weighted by atomic mass is 9.89. The Balaban J connectivity index is 2.70. The fourth-order valence-corrected chi connectivity index (χ4v) is 4.00. The average molecular weight is 436 g/mol. The van der Waals surface area contributed by atoms with E-state index in [1.165, 1.54) is 33.3 Å². The molecule has 0 aromatic rings. The predicted octanol–water partition coefficient (Wildman–Crippen LogP) is 4.26. The van der Waals surface area contributed by atoms with E-state index in [4.69, 9.17) is 0 Å². The Hall–Kier alpha value is -1.95. The molecular formula is C25H41NO5. The van der Waals surface area contributed by atoms with E-state index in [-0.39, 0.29) is 36.0 Å². The first-order chi connectivity index (χ1) is 14.8. The first-order valence-electron chi connectivity index (χ1n) is 11.7. The molecule has 1 unspecified atom stereocenters. The second-order valence-corrected chi connectivity index (χ2v) is 8.67. The number of ether oxygens (including phenoxy) is 1. The Labute approximate surface area is 187 Å². The molecule has 0 aromatic heterocycles. The first-order valence-corrected chi connectivity index (χ1v) is 11.7. The fraction of sp³-hybridized carbons (Fsp3) is 0.720. The molecule has 1 fully saturated rings. The molecule has 0 aliphatic heterocycles. The highest BCUT2D eigenvalue weighted by atomic mass is 16.5. The van der Waals surface area contributed by atoms with Gasteiger partial charge in [-0.05, 0) is 39.0 Å². The van der Waals surface area contributed by atoms with Crippen molar-refractivity contribution < 1.29 is 24.2 Å². The fourth-order valence-electron chi connectivity index (χ4n) is 4.00. The Morgan fingerprint density at radius 2 is 1.90 bits per heavy atom. The number of aliphatic hydroxyl groups is 1. The Morgan fingerprint density at radius 3 is 2.55 bits per heavy atom. The maximum Gasteiger partial charge on any atom is 0.337 e. The van der Waals surface area contributed by atoms with Crippen LogP contribution in [0.4, 0.5) is 0 Å². The van der Waals surface area contributed by atoms with E-state index in [0.717, 1.165) is 12.8 Å². The monoisotopic (exact) mass is 435 g/mol. The lowest BCUT2D eigenvalue weighted by molar-refractivity contribution is -0.160. The highest BCUT2D eigenvalue weighted by Gasteiger charge is 2.40. The van der Waals surface area contributed by atoms with Gasteiger partial charge in [0.25, 0.3) is 0 Å². The molecule has 6 nitrogen and oxygen atoms in total. The van der Waals surface area contributed by atoms with E-state index in [2.05, 4.69) is 29.1 Å². The number of rotatable bonds is 14. The minimum absolute atomic E-state index is 0.00278. The lowest BCUT2D eigenvalue weighted by Gasteiger charge is -2.21. The number of hydrogen-bond donors (Lipinski definition) is 2. The third kappa shape index (κ3) is 9.38. The van der Waals surface area contributed by atoms with Crippen molar-refractivity contribution in [2.24, 2.45) is 11.8 Å². The van der Waals surface area contributed by atoms with Crippen molar-refractivity contribution in [2.75, 3.05) is 7.11 Å². The molecule has 1 aliphatic rings. The summed E-state index contributed by atoms with van der Waals surface area (Å²) in [4.78, 5) is 36.1. The summed E-state index contributed by atoms with van der Waals surface area (Å²) >= 11 is 0. The number of allylic oxidation sites excluding steroid dienone is 3. The van der Waals surface area contributed by atoms with Crippen molar-refractivity contribution in [1.82, 2.24) is 5.32 Å². The number of amides is 1. The third-order valence-electron chi connectivity index (χ3n) is 5.99. The summed E-state index contributed by atoms with van der Waals surface area (Å²) in [5.41, 5.74) is -1.51. The van der Waals surface area contributed by atoms with Crippen LogP contribution in [0.25, 0.3) is 0 Å². The molecule has 0 saturated heterocycles. The van der Waals surface area contributed by atoms with Crippen molar-refractivity contribution >= 4 is 17.7 Å². The molecule has 0 spiro atoms. The van der Waals surface area contributed by atoms with Gasteiger partial charge in [0.2, 0.25) is 5.91 Å². The number of ketones is 1. The highest BCUT2D eigenvalue weighted by molar-refractivity contribution is 5.86. The van der Waals surface area contributed by atoms with E-state index >= 15 is 0 Å². The SMILES string of the molecule is CCCCCC/C=C/[C@H]1[C@H](NC(=O)CC)CC(=O)[C@@H]1C/C=C\CCC(C)(O)C(=O)OC. The minimum Gasteiger partial charge on any atom is -0.467 e. The Morgan fingerprint density at radius 1 is 1.16 bits per heavy atom. The molecule has 1 aliphatic carbocycles. The third-order valence-corrected chi connectivity index (χ3v) is 5.99. The summed E-state index contributed by atoms with van der Waals surface area (Å²) < 4.78 is 4.60. The Bertz CT molecular complexity index is 638. The van der Waals surface area contributed by atoms with Crippen LogP contribution in [0.1, 0.15) is 85.0 Å². The minimum atomic E-state index is -1.51. The number of carbonyl (C=O) groups is 3. The van der Waals surface area contributed by atoms with Gasteiger partial charge in [-0.25, -0.2) is 4.79 Å². The van der Waals surface area contributed by atoms with E-state index in [1.54, 1.807) is 0 Å². The summed E-state index contributed by atoms with van der Waals surface area (Å²) in [5.74, 6) is -0.664. The lowest BCUT2D eigenvalue weighted by Crippen LogP contribution is -2.37. The second-order valence-electron chi connectivity index (χ2n) is 8.67. The molecule has 0 radical (unpaired) electrons. The summed E-state index contributed by atoms with van der Waals surface area (Å²) in [7, 11) is 1.25. The predicted molar refractivity (Wildman–Crippen MR) is 122 cm³/mol. The molecular weight excluding hydrogens is 394 g/mol. The van der Waals surface area contributed by atoms with Crippen LogP contribution in [0.5, 0.6) is 0 Å². The van der Waals surface area contributed by atoms with Crippen molar-refractivity contribution in [1.29, 1.82) is 0 Å². The molecule has 1 saturated carbocycles. The first kappa shape index (κ1) is 27.1. The normalized spacial score (nSPS) is 23.4. The van der Waals surface area contributed by atoms with Crippen LogP contribution in [0.3, 0.4) is 0 Å². The van der Waals surface area contributed by atoms with Crippen molar-refractivity contribution in [3.8, 4) is 0 Å². The van der Waals surface area contributed by atoms with Crippen LogP contribution in [0.15, 0.2) is 24.3 Å². The summed E-state index contributed by atoms with van der Waals surface area (Å²) in [6.07, 6.45) is 16.0. The van der Waals surface area contributed by atoms with Crippen molar-refractivity contribution in [2.45, 2.75) is 96.6 Å². The average Bonchev–Trinajstić information content (AvgIpc) is 3.03. The molecule has 31 heavy (non-hydrogen) atoms.